The molecule has 0 heterocycles. The lowest BCUT2D eigenvalue weighted by Crippen LogP contribution is -2.17. The first kappa shape index (κ1) is 22.4. The van der Waals surface area contributed by atoms with Crippen LogP contribution < -0.4 is 4.90 Å². The van der Waals surface area contributed by atoms with Crippen molar-refractivity contribution in [2.75, 3.05) is 4.90 Å². The average Bonchev–Trinajstić information content (AvgIpc) is 3.17. The van der Waals surface area contributed by atoms with E-state index in [1.165, 1.54) is 22.3 Å². The molecule has 5 aromatic carbocycles. The number of nitrogens with zero attached hydrogens (tertiary/aromatic N) is 1. The van der Waals surface area contributed by atoms with Crippen molar-refractivity contribution in [2.45, 2.75) is 19.3 Å². The van der Waals surface area contributed by atoms with Gasteiger partial charge in [-0.3, -0.25) is 10.8 Å². The van der Waals surface area contributed by atoms with Crippen LogP contribution in [0.5, 0.6) is 0 Å². The molecule has 0 radical (unpaired) electrons. The van der Waals surface area contributed by atoms with Gasteiger partial charge in [-0.1, -0.05) is 86.7 Å². The number of fused-ring (bicyclic) bond motifs is 6. The molecule has 182 valence electrons. The lowest BCUT2D eigenvalue weighted by atomic mass is 9.82. The third kappa shape index (κ3) is 3.22. The average molecular weight is 490 g/mol. The molecule has 3 nitrogen and oxygen atoms in total. The summed E-state index contributed by atoms with van der Waals surface area (Å²) in [5.74, 6) is 0. The minimum atomic E-state index is -0.0783. The highest BCUT2D eigenvalue weighted by Gasteiger charge is 2.35. The van der Waals surface area contributed by atoms with Gasteiger partial charge in [0.1, 0.15) is 0 Å². The second-order valence-electron chi connectivity index (χ2n) is 10.6. The number of hydrogen-bond acceptors (Lipinski definition) is 3. The zero-order valence-corrected chi connectivity index (χ0v) is 21.4. The Hall–Kier alpha value is -4.76. The maximum Gasteiger partial charge on any atom is 0.0873 e. The van der Waals surface area contributed by atoms with E-state index in [4.69, 9.17) is 10.8 Å². The topological polar surface area (TPSA) is 50.9 Å². The summed E-state index contributed by atoms with van der Waals surface area (Å²) in [6.45, 7) is 4.63. The summed E-state index contributed by atoms with van der Waals surface area (Å²) >= 11 is 0. The molecule has 0 bridgehead atoms. The Morgan fingerprint density at radius 1 is 0.605 bits per heavy atom. The first-order valence-electron chi connectivity index (χ1n) is 13.0. The van der Waals surface area contributed by atoms with E-state index in [0.29, 0.717) is 0 Å². The van der Waals surface area contributed by atoms with E-state index in [-0.39, 0.29) is 16.8 Å². The van der Waals surface area contributed by atoms with Crippen LogP contribution in [0.2, 0.25) is 0 Å². The summed E-state index contributed by atoms with van der Waals surface area (Å²) in [5, 5.41) is 18.8. The lowest BCUT2D eigenvalue weighted by Gasteiger charge is -2.28. The quantitative estimate of drug-likeness (QED) is 0.261. The Balaban J connectivity index is 1.41. The Bertz CT molecular complexity index is 1830. The second-order valence-corrected chi connectivity index (χ2v) is 10.6. The van der Waals surface area contributed by atoms with Gasteiger partial charge >= 0.3 is 0 Å². The van der Waals surface area contributed by atoms with Crippen molar-refractivity contribution in [3.63, 3.8) is 0 Å². The fourth-order valence-corrected chi connectivity index (χ4v) is 6.14. The van der Waals surface area contributed by atoms with Crippen molar-refractivity contribution >= 4 is 45.3 Å². The third-order valence-electron chi connectivity index (χ3n) is 8.08. The standard InChI is InChI=1S/C35H27N3/c1-35(2)30-11-7-6-10-28(30)29-18-16-26(21-31(29)35)38(24-8-4-3-5-9-24)25-15-17-27-23(20-25)13-12-22-14-19-32(36)34(37)33(22)27/h3-21,36-37H,1-2H3. The molecule has 5 aromatic rings. The van der Waals surface area contributed by atoms with E-state index >= 15 is 0 Å². The smallest absolute Gasteiger partial charge is 0.0873 e. The molecule has 0 spiro atoms. The Morgan fingerprint density at radius 3 is 2.16 bits per heavy atom. The molecule has 0 saturated carbocycles. The van der Waals surface area contributed by atoms with E-state index in [1.54, 1.807) is 6.08 Å². The fourth-order valence-electron chi connectivity index (χ4n) is 6.14. The van der Waals surface area contributed by atoms with Gasteiger partial charge < -0.3 is 4.90 Å². The Kier molecular flexibility index (Phi) is 4.80. The summed E-state index contributed by atoms with van der Waals surface area (Å²) < 4.78 is 0. The number of benzene rings is 5. The molecular weight excluding hydrogens is 462 g/mol. The van der Waals surface area contributed by atoms with Crippen LogP contribution in [0.15, 0.2) is 109 Å². The summed E-state index contributed by atoms with van der Waals surface area (Å²) in [6.07, 6.45) is 3.64. The van der Waals surface area contributed by atoms with Gasteiger partial charge in [0.15, 0.2) is 0 Å². The molecule has 2 N–H and O–H groups in total. The first-order valence-corrected chi connectivity index (χ1v) is 13.0. The molecule has 0 aromatic heterocycles. The molecule has 2 aliphatic carbocycles. The molecule has 7 rings (SSSR count). The number of para-hydroxylation sites is 1. The van der Waals surface area contributed by atoms with Crippen molar-refractivity contribution < 1.29 is 0 Å². The number of hydrogen-bond donors (Lipinski definition) is 2. The SMILES string of the molecule is CC1(C)c2ccccc2-c2ccc(N(c3ccccc3)c3ccc4c5c(ccc4c3)C=CC(=N)C5=N)cc21. The van der Waals surface area contributed by atoms with Gasteiger partial charge in [0, 0.05) is 28.0 Å². The number of nitrogens with one attached hydrogen (secondary N) is 2. The molecule has 2 aliphatic rings. The summed E-state index contributed by atoms with van der Waals surface area (Å²) in [6, 6.07) is 36.7. The maximum atomic E-state index is 8.54. The van der Waals surface area contributed by atoms with Crippen LogP contribution in [0.1, 0.15) is 36.1 Å². The van der Waals surface area contributed by atoms with Gasteiger partial charge in [-0.15, -0.1) is 0 Å². The van der Waals surface area contributed by atoms with E-state index < -0.39 is 0 Å². The summed E-state index contributed by atoms with van der Waals surface area (Å²) in [4.78, 5) is 2.31. The van der Waals surface area contributed by atoms with Crippen molar-refractivity contribution in [1.82, 2.24) is 0 Å². The number of anilines is 3. The normalized spacial score (nSPS) is 14.8. The molecule has 0 unspecified atom stereocenters. The molecule has 3 heteroatoms. The minimum absolute atomic E-state index is 0.0783. The molecular formula is C35H27N3. The van der Waals surface area contributed by atoms with Gasteiger partial charge in [-0.25, -0.2) is 0 Å². The summed E-state index contributed by atoms with van der Waals surface area (Å²) in [7, 11) is 0. The highest BCUT2D eigenvalue weighted by atomic mass is 15.1. The highest BCUT2D eigenvalue weighted by Crippen LogP contribution is 2.50. The van der Waals surface area contributed by atoms with Crippen molar-refractivity contribution in [3.8, 4) is 11.1 Å². The van der Waals surface area contributed by atoms with Gasteiger partial charge in [0.2, 0.25) is 0 Å². The zero-order chi connectivity index (χ0) is 26.0. The lowest BCUT2D eigenvalue weighted by molar-refractivity contribution is 0.660. The summed E-state index contributed by atoms with van der Waals surface area (Å²) in [5.41, 5.74) is 10.9. The van der Waals surface area contributed by atoms with Crippen LogP contribution >= 0.6 is 0 Å². The first-order chi connectivity index (χ1) is 18.4. The largest absolute Gasteiger partial charge is 0.310 e. The molecule has 0 amide bonds. The maximum absolute atomic E-state index is 8.54. The molecule has 0 saturated heterocycles. The van der Waals surface area contributed by atoms with Crippen LogP contribution in [-0.4, -0.2) is 11.4 Å². The van der Waals surface area contributed by atoms with Crippen molar-refractivity contribution in [1.29, 1.82) is 10.8 Å². The van der Waals surface area contributed by atoms with Gasteiger partial charge in [0.05, 0.1) is 11.4 Å². The van der Waals surface area contributed by atoms with E-state index in [0.717, 1.165) is 39.0 Å². The Morgan fingerprint density at radius 2 is 1.32 bits per heavy atom. The zero-order valence-electron chi connectivity index (χ0n) is 21.4. The molecule has 0 fully saturated rings. The second kappa shape index (κ2) is 8.12. The Labute approximate surface area is 222 Å². The van der Waals surface area contributed by atoms with Crippen LogP contribution in [0.25, 0.3) is 28.0 Å². The van der Waals surface area contributed by atoms with Crippen LogP contribution in [0.4, 0.5) is 17.1 Å². The molecule has 38 heavy (non-hydrogen) atoms. The predicted octanol–water partition coefficient (Wildman–Crippen LogP) is 9.03. The fraction of sp³-hybridized carbons (Fsp3) is 0.0857. The minimum Gasteiger partial charge on any atom is -0.310 e. The van der Waals surface area contributed by atoms with Crippen LogP contribution in [0.3, 0.4) is 0 Å². The number of allylic oxidation sites excluding steroid dienone is 1. The van der Waals surface area contributed by atoms with Gasteiger partial charge in [-0.05, 0) is 81.1 Å². The van der Waals surface area contributed by atoms with Crippen LogP contribution in [-0.2, 0) is 5.41 Å². The van der Waals surface area contributed by atoms with Crippen LogP contribution in [0, 0.1) is 10.8 Å². The number of rotatable bonds is 3. The van der Waals surface area contributed by atoms with Gasteiger partial charge in [0.25, 0.3) is 0 Å². The molecule has 0 atom stereocenters. The van der Waals surface area contributed by atoms with E-state index in [2.05, 4.69) is 116 Å². The van der Waals surface area contributed by atoms with E-state index in [1.807, 2.05) is 12.1 Å². The predicted molar refractivity (Wildman–Crippen MR) is 160 cm³/mol. The molecule has 0 aliphatic heterocycles. The van der Waals surface area contributed by atoms with Gasteiger partial charge in [-0.2, -0.15) is 0 Å². The van der Waals surface area contributed by atoms with Crippen molar-refractivity contribution in [2.24, 2.45) is 0 Å². The van der Waals surface area contributed by atoms with Crippen molar-refractivity contribution in [3.05, 3.63) is 131 Å². The highest BCUT2D eigenvalue weighted by molar-refractivity contribution is 6.53. The van der Waals surface area contributed by atoms with E-state index in [9.17, 15) is 0 Å². The third-order valence-corrected chi connectivity index (χ3v) is 8.08. The monoisotopic (exact) mass is 489 g/mol.